The highest BCUT2D eigenvalue weighted by Crippen LogP contribution is 2.17. The van der Waals surface area contributed by atoms with E-state index in [1.807, 2.05) is 6.92 Å². The zero-order valence-electron chi connectivity index (χ0n) is 6.91. The van der Waals surface area contributed by atoms with Crippen LogP contribution in [0, 0.1) is 0 Å². The molecular formula is C7H14O3S. The molecule has 0 unspecified atom stereocenters. The summed E-state index contributed by atoms with van der Waals surface area (Å²) in [6.07, 6.45) is 3.11. The highest BCUT2D eigenvalue weighted by Gasteiger charge is 2.26. The first-order valence-electron chi connectivity index (χ1n) is 3.80. The zero-order chi connectivity index (χ0) is 8.48. The van der Waals surface area contributed by atoms with Gasteiger partial charge >= 0.3 is 0 Å². The molecular weight excluding hydrogens is 164 g/mol. The van der Waals surface area contributed by atoms with Gasteiger partial charge < -0.3 is 4.74 Å². The molecule has 0 spiro atoms. The minimum atomic E-state index is -2.87. The van der Waals surface area contributed by atoms with Crippen molar-refractivity contribution in [2.45, 2.75) is 31.1 Å². The second-order valence-electron chi connectivity index (χ2n) is 3.17. The summed E-state index contributed by atoms with van der Waals surface area (Å²) in [6.45, 7) is 2.35. The van der Waals surface area contributed by atoms with E-state index in [1.54, 1.807) is 0 Å². The van der Waals surface area contributed by atoms with Crippen molar-refractivity contribution in [1.82, 2.24) is 0 Å². The Morgan fingerprint density at radius 1 is 1.36 bits per heavy atom. The molecule has 0 amide bonds. The topological polar surface area (TPSA) is 43.4 Å². The fourth-order valence-corrected chi connectivity index (χ4v) is 2.09. The van der Waals surface area contributed by atoms with Crippen molar-refractivity contribution >= 4 is 9.84 Å². The van der Waals surface area contributed by atoms with E-state index in [4.69, 9.17) is 4.74 Å². The van der Waals surface area contributed by atoms with Gasteiger partial charge in [0.05, 0.1) is 18.0 Å². The molecule has 11 heavy (non-hydrogen) atoms. The van der Waals surface area contributed by atoms with E-state index in [9.17, 15) is 8.42 Å². The van der Waals surface area contributed by atoms with Crippen LogP contribution in [0.3, 0.4) is 0 Å². The molecule has 1 fully saturated rings. The molecule has 4 heteroatoms. The molecule has 1 aliphatic heterocycles. The average molecular weight is 178 g/mol. The summed E-state index contributed by atoms with van der Waals surface area (Å²) in [5, 5.41) is -0.265. The lowest BCUT2D eigenvalue weighted by Gasteiger charge is -2.25. The van der Waals surface area contributed by atoms with Gasteiger partial charge in [-0.25, -0.2) is 8.42 Å². The predicted molar refractivity (Wildman–Crippen MR) is 43.3 cm³/mol. The Labute approximate surface area is 67.7 Å². The van der Waals surface area contributed by atoms with Gasteiger partial charge in [0.15, 0.2) is 9.84 Å². The summed E-state index contributed by atoms with van der Waals surface area (Å²) in [7, 11) is -2.87. The number of ether oxygens (including phenoxy) is 1. The van der Waals surface area contributed by atoms with Crippen LogP contribution in [0.2, 0.25) is 0 Å². The number of hydrogen-bond donors (Lipinski definition) is 0. The summed E-state index contributed by atoms with van der Waals surface area (Å²) in [4.78, 5) is 0. The van der Waals surface area contributed by atoms with Gasteiger partial charge in [-0.2, -0.15) is 0 Å². The lowest BCUT2D eigenvalue weighted by atomic mass is 10.1. The fraction of sp³-hybridized carbons (Fsp3) is 1.00. The molecule has 1 heterocycles. The second-order valence-corrected chi connectivity index (χ2v) is 5.50. The van der Waals surface area contributed by atoms with Crippen LogP contribution in [0.4, 0.5) is 0 Å². The van der Waals surface area contributed by atoms with Crippen LogP contribution in [0.1, 0.15) is 19.8 Å². The summed E-state index contributed by atoms with van der Waals surface area (Å²) in [6, 6.07) is 0. The molecule has 0 aliphatic carbocycles. The van der Waals surface area contributed by atoms with Gasteiger partial charge in [-0.05, 0) is 19.8 Å². The van der Waals surface area contributed by atoms with Gasteiger partial charge in [0.25, 0.3) is 0 Å². The van der Waals surface area contributed by atoms with E-state index < -0.39 is 9.84 Å². The molecule has 0 aromatic carbocycles. The SMILES string of the molecule is C[C@H]1CC[C@H](S(C)(=O)=O)CO1. The third-order valence-electron chi connectivity index (χ3n) is 2.07. The van der Waals surface area contributed by atoms with Gasteiger partial charge in [-0.3, -0.25) is 0 Å². The normalized spacial score (nSPS) is 33.6. The molecule has 0 aromatic rings. The molecule has 66 valence electrons. The molecule has 0 saturated carbocycles. The molecule has 3 nitrogen and oxygen atoms in total. The van der Waals surface area contributed by atoms with Gasteiger partial charge in [0.1, 0.15) is 0 Å². The fourth-order valence-electron chi connectivity index (χ4n) is 1.20. The van der Waals surface area contributed by atoms with Crippen LogP contribution in [0.5, 0.6) is 0 Å². The van der Waals surface area contributed by atoms with Crippen molar-refractivity contribution in [3.05, 3.63) is 0 Å². The largest absolute Gasteiger partial charge is 0.377 e. The third-order valence-corrected chi connectivity index (χ3v) is 3.65. The van der Waals surface area contributed by atoms with E-state index in [1.165, 1.54) is 6.26 Å². The smallest absolute Gasteiger partial charge is 0.152 e. The van der Waals surface area contributed by atoms with Crippen LogP contribution >= 0.6 is 0 Å². The zero-order valence-corrected chi connectivity index (χ0v) is 7.73. The van der Waals surface area contributed by atoms with Crippen LogP contribution in [0.15, 0.2) is 0 Å². The monoisotopic (exact) mass is 178 g/mol. The Morgan fingerprint density at radius 2 is 2.00 bits per heavy atom. The maximum Gasteiger partial charge on any atom is 0.152 e. The van der Waals surface area contributed by atoms with E-state index in [0.29, 0.717) is 6.61 Å². The Kier molecular flexibility index (Phi) is 2.54. The van der Waals surface area contributed by atoms with Gasteiger partial charge in [-0.1, -0.05) is 0 Å². The number of rotatable bonds is 1. The maximum absolute atomic E-state index is 11.0. The highest BCUT2D eigenvalue weighted by atomic mass is 32.2. The lowest BCUT2D eigenvalue weighted by Crippen LogP contribution is -2.33. The highest BCUT2D eigenvalue weighted by molar-refractivity contribution is 7.91. The maximum atomic E-state index is 11.0. The number of sulfone groups is 1. The summed E-state index contributed by atoms with van der Waals surface area (Å²) >= 11 is 0. The standard InChI is InChI=1S/C7H14O3S/c1-6-3-4-7(5-10-6)11(2,8)9/h6-7H,3-5H2,1-2H3/t6-,7-/m0/s1. The van der Waals surface area contributed by atoms with Crippen molar-refractivity contribution in [3.63, 3.8) is 0 Å². The molecule has 2 atom stereocenters. The Morgan fingerprint density at radius 3 is 2.36 bits per heavy atom. The van der Waals surface area contributed by atoms with E-state index in [-0.39, 0.29) is 11.4 Å². The van der Waals surface area contributed by atoms with Crippen molar-refractivity contribution in [2.75, 3.05) is 12.9 Å². The Bertz CT molecular complexity index is 212. The Hall–Kier alpha value is -0.0900. The molecule has 0 bridgehead atoms. The van der Waals surface area contributed by atoms with Gasteiger partial charge in [-0.15, -0.1) is 0 Å². The summed E-state index contributed by atoms with van der Waals surface area (Å²) in [5.74, 6) is 0. The summed E-state index contributed by atoms with van der Waals surface area (Å²) in [5.41, 5.74) is 0. The van der Waals surface area contributed by atoms with Gasteiger partial charge in [0, 0.05) is 6.26 Å². The minimum Gasteiger partial charge on any atom is -0.377 e. The molecule has 1 aliphatic rings. The van der Waals surface area contributed by atoms with Crippen molar-refractivity contribution in [1.29, 1.82) is 0 Å². The molecule has 0 radical (unpaired) electrons. The lowest BCUT2D eigenvalue weighted by molar-refractivity contribution is 0.0308. The van der Waals surface area contributed by atoms with Crippen LogP contribution < -0.4 is 0 Å². The van der Waals surface area contributed by atoms with Crippen LogP contribution in [-0.4, -0.2) is 32.6 Å². The van der Waals surface area contributed by atoms with E-state index in [0.717, 1.165) is 12.8 Å². The molecule has 1 rings (SSSR count). The summed E-state index contributed by atoms with van der Waals surface area (Å²) < 4.78 is 27.3. The first kappa shape index (κ1) is 9.00. The Balaban J connectivity index is 2.53. The molecule has 1 saturated heterocycles. The van der Waals surface area contributed by atoms with E-state index >= 15 is 0 Å². The predicted octanol–water partition coefficient (Wildman–Crippen LogP) is 0.599. The quantitative estimate of drug-likeness (QED) is 0.590. The second kappa shape index (κ2) is 3.11. The van der Waals surface area contributed by atoms with Gasteiger partial charge in [0.2, 0.25) is 0 Å². The first-order chi connectivity index (χ1) is 5.00. The van der Waals surface area contributed by atoms with Crippen molar-refractivity contribution in [3.8, 4) is 0 Å². The molecule has 0 N–H and O–H groups in total. The minimum absolute atomic E-state index is 0.230. The first-order valence-corrected chi connectivity index (χ1v) is 5.76. The third kappa shape index (κ3) is 2.45. The van der Waals surface area contributed by atoms with Crippen molar-refractivity contribution in [2.24, 2.45) is 0 Å². The molecule has 0 aromatic heterocycles. The van der Waals surface area contributed by atoms with Crippen LogP contribution in [0.25, 0.3) is 0 Å². The number of hydrogen-bond acceptors (Lipinski definition) is 3. The van der Waals surface area contributed by atoms with Crippen molar-refractivity contribution < 1.29 is 13.2 Å². The van der Waals surface area contributed by atoms with E-state index in [2.05, 4.69) is 0 Å². The average Bonchev–Trinajstić information content (AvgIpc) is 1.86. The van der Waals surface area contributed by atoms with Crippen LogP contribution in [-0.2, 0) is 14.6 Å².